The molecular formula is C19H14N6O2S. The molecule has 3 heterocycles. The summed E-state index contributed by atoms with van der Waals surface area (Å²) in [5.74, 6) is -0.438. The zero-order valence-electron chi connectivity index (χ0n) is 14.5. The van der Waals surface area contributed by atoms with Gasteiger partial charge in [-0.2, -0.15) is 4.98 Å². The molecule has 138 valence electrons. The molecule has 0 unspecified atom stereocenters. The molecule has 0 saturated heterocycles. The molecule has 0 aliphatic rings. The monoisotopic (exact) mass is 390 g/mol. The second-order valence-electron chi connectivity index (χ2n) is 6.40. The van der Waals surface area contributed by atoms with Crippen molar-refractivity contribution >= 4 is 61.1 Å². The number of aromatic carboxylic acids is 1. The zero-order chi connectivity index (χ0) is 19.4. The van der Waals surface area contributed by atoms with Crippen molar-refractivity contribution in [3.05, 3.63) is 53.2 Å². The van der Waals surface area contributed by atoms with Crippen LogP contribution >= 0.6 is 11.3 Å². The number of aromatic nitrogens is 4. The van der Waals surface area contributed by atoms with E-state index in [1.807, 2.05) is 24.4 Å². The first-order valence-electron chi connectivity index (χ1n) is 8.43. The van der Waals surface area contributed by atoms with Gasteiger partial charge in [-0.25, -0.2) is 14.8 Å². The van der Waals surface area contributed by atoms with Gasteiger partial charge in [0.15, 0.2) is 0 Å². The average Bonchev–Trinajstić information content (AvgIpc) is 3.24. The number of hydrogen-bond donors (Lipinski definition) is 3. The van der Waals surface area contributed by atoms with Gasteiger partial charge in [-0.05, 0) is 36.4 Å². The Labute approximate surface area is 162 Å². The number of carboxylic acids is 1. The van der Waals surface area contributed by atoms with Crippen molar-refractivity contribution in [2.75, 3.05) is 11.5 Å². The van der Waals surface area contributed by atoms with Crippen LogP contribution in [0, 0.1) is 0 Å². The maximum absolute atomic E-state index is 11.2. The van der Waals surface area contributed by atoms with E-state index in [0.717, 1.165) is 31.5 Å². The largest absolute Gasteiger partial charge is 0.478 e. The fourth-order valence-corrected chi connectivity index (χ4v) is 4.41. The van der Waals surface area contributed by atoms with E-state index in [4.69, 9.17) is 16.6 Å². The smallest absolute Gasteiger partial charge is 0.335 e. The van der Waals surface area contributed by atoms with Gasteiger partial charge in [0.1, 0.15) is 10.8 Å². The van der Waals surface area contributed by atoms with Gasteiger partial charge in [-0.1, -0.05) is 0 Å². The minimum atomic E-state index is -0.944. The molecule has 0 atom stereocenters. The number of carbonyl (C=O) groups is 1. The Bertz CT molecular complexity index is 1400. The lowest BCUT2D eigenvalue weighted by molar-refractivity contribution is 0.0697. The number of benzene rings is 2. The lowest BCUT2D eigenvalue weighted by Crippen LogP contribution is -2.01. The molecule has 5 rings (SSSR count). The third-order valence-corrected chi connectivity index (χ3v) is 5.65. The summed E-state index contributed by atoms with van der Waals surface area (Å²) < 4.78 is 2.92. The van der Waals surface area contributed by atoms with Crippen LogP contribution in [-0.4, -0.2) is 30.6 Å². The van der Waals surface area contributed by atoms with Gasteiger partial charge in [0.2, 0.25) is 5.95 Å². The molecule has 28 heavy (non-hydrogen) atoms. The van der Waals surface area contributed by atoms with E-state index < -0.39 is 5.97 Å². The molecule has 0 aliphatic heterocycles. The van der Waals surface area contributed by atoms with Crippen molar-refractivity contribution < 1.29 is 9.90 Å². The van der Waals surface area contributed by atoms with E-state index >= 15 is 0 Å². The SMILES string of the molecule is Nc1nc(N)c2c(ccc3c2ccn3Cc2nc3ccc(C(=O)O)cc3s2)n1. The summed E-state index contributed by atoms with van der Waals surface area (Å²) in [5, 5.41) is 11.8. The number of fused-ring (bicyclic) bond motifs is 4. The van der Waals surface area contributed by atoms with Gasteiger partial charge in [0, 0.05) is 17.1 Å². The molecule has 2 aromatic carbocycles. The molecule has 9 heteroatoms. The molecule has 3 aromatic heterocycles. The van der Waals surface area contributed by atoms with Crippen LogP contribution in [0.2, 0.25) is 0 Å². The van der Waals surface area contributed by atoms with Crippen LogP contribution in [0.4, 0.5) is 11.8 Å². The van der Waals surface area contributed by atoms with E-state index in [0.29, 0.717) is 17.9 Å². The first kappa shape index (κ1) is 16.5. The van der Waals surface area contributed by atoms with Crippen molar-refractivity contribution in [2.45, 2.75) is 6.54 Å². The second kappa shape index (κ2) is 5.89. The van der Waals surface area contributed by atoms with Crippen molar-refractivity contribution in [3.63, 3.8) is 0 Å². The number of thiazole rings is 1. The van der Waals surface area contributed by atoms with Gasteiger partial charge in [0.25, 0.3) is 0 Å². The fourth-order valence-electron chi connectivity index (χ4n) is 3.41. The first-order valence-corrected chi connectivity index (χ1v) is 9.24. The summed E-state index contributed by atoms with van der Waals surface area (Å²) in [6, 6.07) is 10.8. The molecule has 0 amide bonds. The van der Waals surface area contributed by atoms with Crippen molar-refractivity contribution in [2.24, 2.45) is 0 Å². The van der Waals surface area contributed by atoms with Crippen LogP contribution in [0.3, 0.4) is 0 Å². The molecule has 8 nitrogen and oxygen atoms in total. The molecule has 0 aliphatic carbocycles. The highest BCUT2D eigenvalue weighted by Gasteiger charge is 2.13. The molecule has 0 saturated carbocycles. The van der Waals surface area contributed by atoms with Gasteiger partial charge >= 0.3 is 5.97 Å². The first-order chi connectivity index (χ1) is 13.5. The Kier molecular flexibility index (Phi) is 3.46. The average molecular weight is 390 g/mol. The van der Waals surface area contributed by atoms with Crippen molar-refractivity contribution in [3.8, 4) is 0 Å². The number of anilines is 2. The standard InChI is InChI=1S/C19H14N6O2S/c20-17-16-10-5-6-25(13(10)4-3-12(16)23-19(21)24-17)8-15-22-11-2-1-9(18(26)27)7-14(11)28-15/h1-7H,8H2,(H,26,27)(H4,20,21,23,24). The van der Waals surface area contributed by atoms with Crippen molar-refractivity contribution in [1.29, 1.82) is 0 Å². The van der Waals surface area contributed by atoms with E-state index in [9.17, 15) is 4.79 Å². The number of nitrogens with two attached hydrogens (primary N) is 2. The summed E-state index contributed by atoms with van der Waals surface area (Å²) in [6.07, 6.45) is 1.97. The van der Waals surface area contributed by atoms with Gasteiger partial charge < -0.3 is 21.1 Å². The maximum atomic E-state index is 11.2. The highest BCUT2D eigenvalue weighted by Crippen LogP contribution is 2.30. The number of rotatable bonds is 3. The molecular weight excluding hydrogens is 376 g/mol. The summed E-state index contributed by atoms with van der Waals surface area (Å²) >= 11 is 1.48. The van der Waals surface area contributed by atoms with Crippen LogP contribution in [0.25, 0.3) is 32.0 Å². The zero-order valence-corrected chi connectivity index (χ0v) is 15.3. The molecule has 0 radical (unpaired) electrons. The molecule has 0 bridgehead atoms. The number of nitrogen functional groups attached to an aromatic ring is 2. The van der Waals surface area contributed by atoms with Gasteiger partial charge in [0.05, 0.1) is 33.2 Å². The number of hydrogen-bond acceptors (Lipinski definition) is 7. The van der Waals surface area contributed by atoms with E-state index in [-0.39, 0.29) is 11.5 Å². The summed E-state index contributed by atoms with van der Waals surface area (Å²) in [7, 11) is 0. The minimum absolute atomic E-state index is 0.152. The van der Waals surface area contributed by atoms with E-state index in [1.54, 1.807) is 18.2 Å². The van der Waals surface area contributed by atoms with E-state index in [2.05, 4.69) is 19.5 Å². The molecule has 0 spiro atoms. The predicted octanol–water partition coefficient (Wildman–Crippen LogP) is 3.11. The number of carboxylic acid groups (broad SMARTS) is 1. The molecule has 5 aromatic rings. The lowest BCUT2D eigenvalue weighted by atomic mass is 10.1. The maximum Gasteiger partial charge on any atom is 0.335 e. The van der Waals surface area contributed by atoms with Crippen LogP contribution in [-0.2, 0) is 6.54 Å². The highest BCUT2D eigenvalue weighted by atomic mass is 32.1. The van der Waals surface area contributed by atoms with Gasteiger partial charge in [-0.3, -0.25) is 0 Å². The fraction of sp³-hybridized carbons (Fsp3) is 0.0526. The normalized spacial score (nSPS) is 11.6. The van der Waals surface area contributed by atoms with E-state index in [1.165, 1.54) is 11.3 Å². The minimum Gasteiger partial charge on any atom is -0.478 e. The topological polar surface area (TPSA) is 133 Å². The Hall–Kier alpha value is -3.72. The molecule has 0 fully saturated rings. The molecule has 5 N–H and O–H groups in total. The second-order valence-corrected chi connectivity index (χ2v) is 7.51. The Morgan fingerprint density at radius 2 is 1.89 bits per heavy atom. The van der Waals surface area contributed by atoms with Crippen LogP contribution < -0.4 is 11.5 Å². The van der Waals surface area contributed by atoms with Gasteiger partial charge in [-0.15, -0.1) is 11.3 Å². The summed E-state index contributed by atoms with van der Waals surface area (Å²) in [4.78, 5) is 24.1. The quantitative estimate of drug-likeness (QED) is 0.431. The lowest BCUT2D eigenvalue weighted by Gasteiger charge is -2.06. The Balaban J connectivity index is 1.59. The van der Waals surface area contributed by atoms with Crippen LogP contribution in [0.15, 0.2) is 42.6 Å². The van der Waals surface area contributed by atoms with Crippen LogP contribution in [0.1, 0.15) is 15.4 Å². The Morgan fingerprint density at radius 3 is 2.71 bits per heavy atom. The predicted molar refractivity (Wildman–Crippen MR) is 110 cm³/mol. The third kappa shape index (κ3) is 2.52. The summed E-state index contributed by atoms with van der Waals surface area (Å²) in [6.45, 7) is 0.562. The third-order valence-electron chi connectivity index (χ3n) is 4.64. The summed E-state index contributed by atoms with van der Waals surface area (Å²) in [5.41, 5.74) is 14.5. The van der Waals surface area contributed by atoms with Crippen molar-refractivity contribution in [1.82, 2.24) is 19.5 Å². The number of nitrogens with zero attached hydrogens (tertiary/aromatic N) is 4. The Morgan fingerprint density at radius 1 is 1.07 bits per heavy atom. The highest BCUT2D eigenvalue weighted by molar-refractivity contribution is 7.18. The van der Waals surface area contributed by atoms with Crippen LogP contribution in [0.5, 0.6) is 0 Å².